The third-order valence-electron chi connectivity index (χ3n) is 4.20. The largest absolute Gasteiger partial charge is 0.507 e. The van der Waals surface area contributed by atoms with E-state index in [4.69, 9.17) is 9.47 Å². The molecular formula is C18H17NO5. The molecule has 1 aliphatic rings. The van der Waals surface area contributed by atoms with Gasteiger partial charge in [0.15, 0.2) is 11.5 Å². The van der Waals surface area contributed by atoms with Crippen LogP contribution in [0.3, 0.4) is 0 Å². The number of aromatic hydroxyl groups is 1. The van der Waals surface area contributed by atoms with Crippen LogP contribution in [0.25, 0.3) is 0 Å². The van der Waals surface area contributed by atoms with Crippen molar-refractivity contribution in [2.75, 3.05) is 14.2 Å². The van der Waals surface area contributed by atoms with E-state index in [1.54, 1.807) is 31.2 Å². The lowest BCUT2D eigenvalue weighted by Crippen LogP contribution is -2.32. The van der Waals surface area contributed by atoms with E-state index in [1.807, 2.05) is 0 Å². The molecule has 3 rings (SSSR count). The van der Waals surface area contributed by atoms with E-state index in [0.29, 0.717) is 11.5 Å². The molecule has 0 saturated carbocycles. The molecule has 0 bridgehead atoms. The molecule has 2 aromatic carbocycles. The number of benzene rings is 2. The zero-order valence-corrected chi connectivity index (χ0v) is 13.6. The molecule has 2 aromatic rings. The highest BCUT2D eigenvalue weighted by Gasteiger charge is 2.40. The van der Waals surface area contributed by atoms with E-state index < -0.39 is 17.9 Å². The number of phenolic OH excluding ortho intramolecular Hbond substituents is 1. The predicted molar refractivity (Wildman–Crippen MR) is 86.6 cm³/mol. The number of ether oxygens (including phenoxy) is 2. The first-order valence-electron chi connectivity index (χ1n) is 7.41. The van der Waals surface area contributed by atoms with Gasteiger partial charge in [0.1, 0.15) is 5.75 Å². The monoisotopic (exact) mass is 327 g/mol. The first-order valence-corrected chi connectivity index (χ1v) is 7.41. The van der Waals surface area contributed by atoms with Gasteiger partial charge in [-0.25, -0.2) is 0 Å². The molecule has 2 amide bonds. The predicted octanol–water partition coefficient (Wildman–Crippen LogP) is 2.77. The molecule has 6 nitrogen and oxygen atoms in total. The number of fused-ring (bicyclic) bond motifs is 1. The summed E-state index contributed by atoms with van der Waals surface area (Å²) < 4.78 is 10.5. The van der Waals surface area contributed by atoms with Crippen LogP contribution in [-0.4, -0.2) is 36.0 Å². The Kier molecular flexibility index (Phi) is 3.89. The first-order chi connectivity index (χ1) is 11.5. The summed E-state index contributed by atoms with van der Waals surface area (Å²) in [5.41, 5.74) is 0.990. The number of methoxy groups -OCH3 is 2. The van der Waals surface area contributed by atoms with E-state index in [2.05, 4.69) is 0 Å². The zero-order chi connectivity index (χ0) is 17.4. The van der Waals surface area contributed by atoms with Crippen molar-refractivity contribution in [1.82, 2.24) is 4.90 Å². The molecule has 1 atom stereocenters. The minimum absolute atomic E-state index is 0.0508. The van der Waals surface area contributed by atoms with E-state index in [0.717, 1.165) is 10.5 Å². The highest BCUT2D eigenvalue weighted by Crippen LogP contribution is 2.37. The van der Waals surface area contributed by atoms with Gasteiger partial charge in [-0.1, -0.05) is 12.1 Å². The van der Waals surface area contributed by atoms with Crippen molar-refractivity contribution >= 4 is 11.8 Å². The number of hydrogen-bond donors (Lipinski definition) is 1. The Bertz CT molecular complexity index is 830. The number of imide groups is 1. The summed E-state index contributed by atoms with van der Waals surface area (Å²) in [7, 11) is 3.06. The smallest absolute Gasteiger partial charge is 0.265 e. The van der Waals surface area contributed by atoms with Gasteiger partial charge in [-0.2, -0.15) is 0 Å². The molecule has 24 heavy (non-hydrogen) atoms. The van der Waals surface area contributed by atoms with Crippen LogP contribution in [0.2, 0.25) is 0 Å². The van der Waals surface area contributed by atoms with Crippen LogP contribution in [0.4, 0.5) is 0 Å². The fraction of sp³-hybridized carbons (Fsp3) is 0.222. The Morgan fingerprint density at radius 3 is 2.33 bits per heavy atom. The van der Waals surface area contributed by atoms with E-state index in [-0.39, 0.29) is 16.9 Å². The summed E-state index contributed by atoms with van der Waals surface area (Å²) in [5.74, 6) is -0.0359. The van der Waals surface area contributed by atoms with Gasteiger partial charge >= 0.3 is 0 Å². The molecule has 0 spiro atoms. The summed E-state index contributed by atoms with van der Waals surface area (Å²) >= 11 is 0. The molecule has 1 unspecified atom stereocenters. The van der Waals surface area contributed by atoms with Crippen LogP contribution < -0.4 is 9.47 Å². The average Bonchev–Trinajstić information content (AvgIpc) is 2.85. The number of nitrogens with zero attached hydrogens (tertiary/aromatic N) is 1. The van der Waals surface area contributed by atoms with Gasteiger partial charge < -0.3 is 14.6 Å². The summed E-state index contributed by atoms with van der Waals surface area (Å²) in [6.07, 6.45) is 0. The van der Waals surface area contributed by atoms with Crippen molar-refractivity contribution in [2.45, 2.75) is 13.0 Å². The molecule has 6 heteroatoms. The second-order valence-electron chi connectivity index (χ2n) is 5.47. The molecule has 0 aromatic heterocycles. The van der Waals surface area contributed by atoms with Crippen molar-refractivity contribution in [3.05, 3.63) is 53.1 Å². The second kappa shape index (κ2) is 5.88. The van der Waals surface area contributed by atoms with Gasteiger partial charge in [-0.3, -0.25) is 14.5 Å². The van der Waals surface area contributed by atoms with Crippen LogP contribution in [0.1, 0.15) is 39.2 Å². The van der Waals surface area contributed by atoms with Crippen LogP contribution in [0, 0.1) is 0 Å². The van der Waals surface area contributed by atoms with Gasteiger partial charge in [-0.05, 0) is 36.8 Å². The number of carbonyl (C=O) groups is 2. The standard InChI is InChI=1S/C18H17NO5/c1-10(11-7-8-14(23-2)15(9-11)24-3)19-17(21)12-5-4-6-13(20)16(12)18(19)22/h4-10,20H,1-3H3. The van der Waals surface area contributed by atoms with Crippen LogP contribution >= 0.6 is 0 Å². The van der Waals surface area contributed by atoms with E-state index >= 15 is 0 Å². The summed E-state index contributed by atoms with van der Waals surface area (Å²) in [4.78, 5) is 26.3. The number of rotatable bonds is 4. The van der Waals surface area contributed by atoms with Crippen LogP contribution in [-0.2, 0) is 0 Å². The van der Waals surface area contributed by atoms with Gasteiger partial charge in [-0.15, -0.1) is 0 Å². The Labute approximate surface area is 139 Å². The van der Waals surface area contributed by atoms with Crippen molar-refractivity contribution in [3.63, 3.8) is 0 Å². The highest BCUT2D eigenvalue weighted by atomic mass is 16.5. The maximum Gasteiger partial charge on any atom is 0.265 e. The normalized spacial score (nSPS) is 14.5. The molecule has 1 heterocycles. The Morgan fingerprint density at radius 2 is 1.71 bits per heavy atom. The van der Waals surface area contributed by atoms with Crippen molar-refractivity contribution in [2.24, 2.45) is 0 Å². The SMILES string of the molecule is COc1ccc(C(C)N2C(=O)c3cccc(O)c3C2=O)cc1OC. The maximum absolute atomic E-state index is 12.6. The Balaban J connectivity index is 2.00. The third-order valence-corrected chi connectivity index (χ3v) is 4.20. The number of hydrogen-bond acceptors (Lipinski definition) is 5. The lowest BCUT2D eigenvalue weighted by Gasteiger charge is -2.23. The highest BCUT2D eigenvalue weighted by molar-refractivity contribution is 6.22. The molecule has 1 N–H and O–H groups in total. The van der Waals surface area contributed by atoms with E-state index in [1.165, 1.54) is 26.4 Å². The number of phenols is 1. The topological polar surface area (TPSA) is 76.1 Å². The molecule has 0 aliphatic carbocycles. The quantitative estimate of drug-likeness (QED) is 0.874. The minimum atomic E-state index is -0.517. The van der Waals surface area contributed by atoms with Crippen molar-refractivity contribution in [3.8, 4) is 17.2 Å². The van der Waals surface area contributed by atoms with Crippen molar-refractivity contribution in [1.29, 1.82) is 0 Å². The minimum Gasteiger partial charge on any atom is -0.507 e. The summed E-state index contributed by atoms with van der Waals surface area (Å²) in [5, 5.41) is 9.90. The average molecular weight is 327 g/mol. The summed E-state index contributed by atoms with van der Waals surface area (Å²) in [6, 6.07) is 9.19. The lowest BCUT2D eigenvalue weighted by molar-refractivity contribution is 0.0594. The van der Waals surface area contributed by atoms with Gasteiger partial charge in [0.25, 0.3) is 11.8 Å². The van der Waals surface area contributed by atoms with Gasteiger partial charge in [0.2, 0.25) is 0 Å². The maximum atomic E-state index is 12.6. The molecule has 0 radical (unpaired) electrons. The van der Waals surface area contributed by atoms with E-state index in [9.17, 15) is 14.7 Å². The Morgan fingerprint density at radius 1 is 1.00 bits per heavy atom. The molecule has 0 fully saturated rings. The molecule has 124 valence electrons. The molecular weight excluding hydrogens is 310 g/mol. The van der Waals surface area contributed by atoms with Crippen LogP contribution in [0.5, 0.6) is 17.2 Å². The zero-order valence-electron chi connectivity index (χ0n) is 13.6. The third kappa shape index (κ3) is 2.27. The fourth-order valence-corrected chi connectivity index (χ4v) is 2.90. The fourth-order valence-electron chi connectivity index (χ4n) is 2.90. The number of amides is 2. The lowest BCUT2D eigenvalue weighted by atomic mass is 10.1. The van der Waals surface area contributed by atoms with Gasteiger partial charge in [0.05, 0.1) is 31.4 Å². The molecule has 0 saturated heterocycles. The van der Waals surface area contributed by atoms with Gasteiger partial charge in [0, 0.05) is 0 Å². The Hall–Kier alpha value is -3.02. The van der Waals surface area contributed by atoms with Crippen LogP contribution in [0.15, 0.2) is 36.4 Å². The summed E-state index contributed by atoms with van der Waals surface area (Å²) in [6.45, 7) is 1.75. The molecule has 1 aliphatic heterocycles. The van der Waals surface area contributed by atoms with Crippen molar-refractivity contribution < 1.29 is 24.2 Å². The first kappa shape index (κ1) is 15.9. The number of carbonyl (C=O) groups excluding carboxylic acids is 2. The second-order valence-corrected chi connectivity index (χ2v) is 5.47.